The van der Waals surface area contributed by atoms with Gasteiger partial charge in [0.2, 0.25) is 5.75 Å². The number of hydrazone groups is 1. The van der Waals surface area contributed by atoms with Gasteiger partial charge in [-0.3, -0.25) is 5.43 Å². The summed E-state index contributed by atoms with van der Waals surface area (Å²) in [6.45, 7) is 0.416. The topological polar surface area (TPSA) is 52.1 Å². The van der Waals surface area contributed by atoms with Crippen LogP contribution in [0, 0.1) is 0 Å². The first-order valence-electron chi connectivity index (χ1n) is 8.67. The van der Waals surface area contributed by atoms with Crippen molar-refractivity contribution < 1.29 is 14.2 Å². The minimum Gasteiger partial charge on any atom is -0.493 e. The Morgan fingerprint density at radius 1 is 0.929 bits per heavy atom. The molecule has 0 saturated heterocycles. The van der Waals surface area contributed by atoms with E-state index in [9.17, 15) is 0 Å². The first-order chi connectivity index (χ1) is 13.7. The fourth-order valence-electron chi connectivity index (χ4n) is 2.55. The van der Waals surface area contributed by atoms with Crippen LogP contribution < -0.4 is 19.6 Å². The summed E-state index contributed by atoms with van der Waals surface area (Å²) < 4.78 is 16.9. The van der Waals surface area contributed by atoms with Gasteiger partial charge in [-0.25, -0.2) is 0 Å². The van der Waals surface area contributed by atoms with Crippen LogP contribution in [-0.2, 0) is 6.61 Å². The van der Waals surface area contributed by atoms with E-state index >= 15 is 0 Å². The van der Waals surface area contributed by atoms with E-state index in [1.54, 1.807) is 32.6 Å². The Bertz CT molecular complexity index is 903. The lowest BCUT2D eigenvalue weighted by Crippen LogP contribution is -2.01. The molecule has 28 heavy (non-hydrogen) atoms. The molecule has 5 nitrogen and oxygen atoms in total. The lowest BCUT2D eigenvalue weighted by atomic mass is 10.2. The van der Waals surface area contributed by atoms with Crippen LogP contribution in [0.2, 0.25) is 5.02 Å². The molecule has 0 spiro atoms. The van der Waals surface area contributed by atoms with Crippen LogP contribution in [0.1, 0.15) is 11.1 Å². The predicted octanol–water partition coefficient (Wildman–Crippen LogP) is 5.38. The zero-order valence-electron chi connectivity index (χ0n) is 15.7. The van der Waals surface area contributed by atoms with Crippen LogP contribution in [0.5, 0.6) is 17.2 Å². The van der Waals surface area contributed by atoms with Gasteiger partial charge in [0.15, 0.2) is 11.5 Å². The van der Waals surface area contributed by atoms with E-state index in [2.05, 4.69) is 10.5 Å². The minimum absolute atomic E-state index is 0.416. The van der Waals surface area contributed by atoms with Gasteiger partial charge in [-0.05, 0) is 42.0 Å². The number of rotatable bonds is 8. The molecule has 0 heterocycles. The van der Waals surface area contributed by atoms with Crippen molar-refractivity contribution in [1.29, 1.82) is 0 Å². The van der Waals surface area contributed by atoms with Crippen molar-refractivity contribution in [1.82, 2.24) is 0 Å². The van der Waals surface area contributed by atoms with Crippen molar-refractivity contribution in [3.8, 4) is 17.2 Å². The molecular weight excluding hydrogens is 376 g/mol. The molecule has 0 bridgehead atoms. The Hall–Kier alpha value is -3.18. The average molecular weight is 397 g/mol. The number of nitrogens with one attached hydrogen (secondary N) is 1. The van der Waals surface area contributed by atoms with Crippen LogP contribution in [0.4, 0.5) is 5.69 Å². The van der Waals surface area contributed by atoms with Gasteiger partial charge in [-0.1, -0.05) is 41.9 Å². The summed E-state index contributed by atoms with van der Waals surface area (Å²) in [4.78, 5) is 0. The zero-order chi connectivity index (χ0) is 19.8. The summed E-state index contributed by atoms with van der Waals surface area (Å²) in [5, 5.41) is 4.92. The third-order valence-corrected chi connectivity index (χ3v) is 4.21. The predicted molar refractivity (Wildman–Crippen MR) is 113 cm³/mol. The van der Waals surface area contributed by atoms with Gasteiger partial charge in [0.05, 0.1) is 26.1 Å². The molecule has 3 aromatic carbocycles. The van der Waals surface area contributed by atoms with E-state index in [-0.39, 0.29) is 0 Å². The van der Waals surface area contributed by atoms with E-state index in [0.717, 1.165) is 16.8 Å². The molecule has 6 heteroatoms. The number of halogens is 1. The van der Waals surface area contributed by atoms with E-state index in [4.69, 9.17) is 25.8 Å². The Morgan fingerprint density at radius 2 is 1.57 bits per heavy atom. The molecule has 0 aromatic heterocycles. The molecule has 0 aliphatic rings. The number of ether oxygens (including phenoxy) is 3. The first kappa shape index (κ1) is 19.6. The Labute approximate surface area is 169 Å². The third-order valence-electron chi connectivity index (χ3n) is 3.96. The van der Waals surface area contributed by atoms with Crippen LogP contribution in [0.15, 0.2) is 71.8 Å². The van der Waals surface area contributed by atoms with Crippen LogP contribution in [0.3, 0.4) is 0 Å². The van der Waals surface area contributed by atoms with Crippen molar-refractivity contribution >= 4 is 23.5 Å². The van der Waals surface area contributed by atoms with E-state index in [1.165, 1.54) is 0 Å². The standard InChI is InChI=1S/C22H21ClN2O3/c1-26-20-12-17(14-24-25-19-10-8-18(23)9-11-19)13-21(27-2)22(20)28-15-16-6-4-3-5-7-16/h3-14,25H,15H2,1-2H3/b24-14+. The van der Waals surface area contributed by atoms with Gasteiger partial charge >= 0.3 is 0 Å². The second-order valence-corrected chi connectivity index (χ2v) is 6.34. The lowest BCUT2D eigenvalue weighted by molar-refractivity contribution is 0.266. The van der Waals surface area contributed by atoms with Crippen molar-refractivity contribution in [3.63, 3.8) is 0 Å². The van der Waals surface area contributed by atoms with Gasteiger partial charge < -0.3 is 14.2 Å². The Morgan fingerprint density at radius 3 is 2.18 bits per heavy atom. The highest BCUT2D eigenvalue weighted by molar-refractivity contribution is 6.30. The zero-order valence-corrected chi connectivity index (χ0v) is 16.4. The molecule has 0 saturated carbocycles. The molecule has 0 unspecified atom stereocenters. The largest absolute Gasteiger partial charge is 0.493 e. The number of methoxy groups -OCH3 is 2. The summed E-state index contributed by atoms with van der Waals surface area (Å²) in [5.74, 6) is 1.70. The van der Waals surface area contributed by atoms with Gasteiger partial charge in [0.1, 0.15) is 6.61 Å². The maximum absolute atomic E-state index is 5.95. The monoisotopic (exact) mass is 396 g/mol. The smallest absolute Gasteiger partial charge is 0.203 e. The number of benzene rings is 3. The molecule has 3 aromatic rings. The molecule has 0 amide bonds. The SMILES string of the molecule is COc1cc(/C=N/Nc2ccc(Cl)cc2)cc(OC)c1OCc1ccccc1. The Balaban J connectivity index is 1.75. The summed E-state index contributed by atoms with van der Waals surface area (Å²) in [6.07, 6.45) is 1.68. The minimum atomic E-state index is 0.416. The highest BCUT2D eigenvalue weighted by Gasteiger charge is 2.14. The molecule has 1 N–H and O–H groups in total. The summed E-state index contributed by atoms with van der Waals surface area (Å²) in [7, 11) is 3.19. The molecule has 0 radical (unpaired) electrons. The second kappa shape index (κ2) is 9.67. The highest BCUT2D eigenvalue weighted by Crippen LogP contribution is 2.38. The van der Waals surface area contributed by atoms with Crippen molar-refractivity contribution in [2.24, 2.45) is 5.10 Å². The first-order valence-corrected chi connectivity index (χ1v) is 9.05. The van der Waals surface area contributed by atoms with Gasteiger partial charge in [-0.15, -0.1) is 0 Å². The van der Waals surface area contributed by atoms with E-state index < -0.39 is 0 Å². The molecule has 0 aliphatic heterocycles. The molecule has 3 rings (SSSR count). The van der Waals surface area contributed by atoms with Crippen LogP contribution in [0.25, 0.3) is 0 Å². The van der Waals surface area contributed by atoms with Crippen molar-refractivity contribution in [2.75, 3.05) is 19.6 Å². The van der Waals surface area contributed by atoms with Gasteiger partial charge in [0, 0.05) is 10.6 Å². The number of nitrogens with zero attached hydrogens (tertiary/aromatic N) is 1. The molecular formula is C22H21ClN2O3. The molecule has 0 atom stereocenters. The quantitative estimate of drug-likeness (QED) is 0.410. The highest BCUT2D eigenvalue weighted by atomic mass is 35.5. The number of hydrogen-bond acceptors (Lipinski definition) is 5. The summed E-state index contributed by atoms with van der Waals surface area (Å²) >= 11 is 5.88. The molecule has 0 fully saturated rings. The summed E-state index contributed by atoms with van der Waals surface area (Å²) in [6, 6.07) is 20.9. The van der Waals surface area contributed by atoms with Crippen LogP contribution in [-0.4, -0.2) is 20.4 Å². The fourth-order valence-corrected chi connectivity index (χ4v) is 2.68. The third kappa shape index (κ3) is 5.18. The normalized spacial score (nSPS) is 10.7. The van der Waals surface area contributed by atoms with Gasteiger partial charge in [0.25, 0.3) is 0 Å². The number of anilines is 1. The van der Waals surface area contributed by atoms with Crippen molar-refractivity contribution in [2.45, 2.75) is 6.61 Å². The van der Waals surface area contributed by atoms with Crippen molar-refractivity contribution in [3.05, 3.63) is 82.9 Å². The fraction of sp³-hybridized carbons (Fsp3) is 0.136. The molecule has 0 aliphatic carbocycles. The van der Waals surface area contributed by atoms with E-state index in [1.807, 2.05) is 54.6 Å². The maximum Gasteiger partial charge on any atom is 0.203 e. The van der Waals surface area contributed by atoms with Crippen LogP contribution >= 0.6 is 11.6 Å². The Kier molecular flexibility index (Phi) is 6.76. The van der Waals surface area contributed by atoms with E-state index in [0.29, 0.717) is 28.9 Å². The summed E-state index contributed by atoms with van der Waals surface area (Å²) in [5.41, 5.74) is 5.66. The average Bonchev–Trinajstić information content (AvgIpc) is 2.74. The maximum atomic E-state index is 5.95. The molecule has 144 valence electrons. The number of hydrogen-bond donors (Lipinski definition) is 1. The second-order valence-electron chi connectivity index (χ2n) is 5.91. The lowest BCUT2D eigenvalue weighted by Gasteiger charge is -2.15. The van der Waals surface area contributed by atoms with Gasteiger partial charge in [-0.2, -0.15) is 5.10 Å².